The van der Waals surface area contributed by atoms with E-state index >= 15 is 0 Å². The minimum Gasteiger partial charge on any atom is -0.375 e. The van der Waals surface area contributed by atoms with Crippen LogP contribution in [0.15, 0.2) is 0 Å². The molecule has 19 heavy (non-hydrogen) atoms. The first-order valence-electron chi connectivity index (χ1n) is 7.46. The number of nitrogens with two attached hydrogens (primary N) is 1. The molecular formula is C16H35NO2. The van der Waals surface area contributed by atoms with E-state index in [2.05, 4.69) is 41.5 Å². The summed E-state index contributed by atoms with van der Waals surface area (Å²) >= 11 is 0. The third-order valence-electron chi connectivity index (χ3n) is 4.04. The highest BCUT2D eigenvalue weighted by atomic mass is 16.5. The molecule has 0 rings (SSSR count). The van der Waals surface area contributed by atoms with Gasteiger partial charge in [0.25, 0.3) is 0 Å². The molecule has 116 valence electrons. The van der Waals surface area contributed by atoms with Crippen LogP contribution in [0.25, 0.3) is 0 Å². The molecule has 0 aliphatic rings. The van der Waals surface area contributed by atoms with Crippen molar-refractivity contribution in [2.24, 2.45) is 11.7 Å². The van der Waals surface area contributed by atoms with Crippen LogP contribution < -0.4 is 5.73 Å². The molecular weight excluding hydrogens is 238 g/mol. The average Bonchev–Trinajstić information content (AvgIpc) is 2.24. The van der Waals surface area contributed by atoms with Crippen LogP contribution in [0.5, 0.6) is 0 Å². The predicted molar refractivity (Wildman–Crippen MR) is 82.4 cm³/mol. The molecule has 0 bridgehead atoms. The van der Waals surface area contributed by atoms with Crippen molar-refractivity contribution in [2.45, 2.75) is 85.0 Å². The quantitative estimate of drug-likeness (QED) is 0.696. The Balaban J connectivity index is 4.06. The maximum atomic E-state index is 6.08. The maximum absolute atomic E-state index is 6.08. The van der Waals surface area contributed by atoms with Gasteiger partial charge in [-0.15, -0.1) is 0 Å². The Hall–Kier alpha value is -0.120. The minimum absolute atomic E-state index is 0.0391. The Morgan fingerprint density at radius 1 is 0.947 bits per heavy atom. The molecule has 3 heteroatoms. The van der Waals surface area contributed by atoms with Crippen molar-refractivity contribution in [1.29, 1.82) is 0 Å². The highest BCUT2D eigenvalue weighted by Gasteiger charge is 2.26. The standard InChI is InChI=1S/C16H35NO2/c1-9-14(3,4)18-11-10-15(5,6)19-12-13(2)16(7,8)17/h13H,9-12,17H2,1-8H3. The second-order valence-corrected chi connectivity index (χ2v) is 7.50. The van der Waals surface area contributed by atoms with E-state index in [0.29, 0.717) is 12.5 Å². The van der Waals surface area contributed by atoms with Gasteiger partial charge in [0.1, 0.15) is 0 Å². The molecule has 0 fully saturated rings. The molecule has 0 aliphatic carbocycles. The average molecular weight is 273 g/mol. The van der Waals surface area contributed by atoms with Crippen LogP contribution in [0, 0.1) is 5.92 Å². The van der Waals surface area contributed by atoms with E-state index in [0.717, 1.165) is 19.4 Å². The van der Waals surface area contributed by atoms with Crippen molar-refractivity contribution in [3.05, 3.63) is 0 Å². The molecule has 0 heterocycles. The van der Waals surface area contributed by atoms with Crippen LogP contribution in [0.1, 0.15) is 68.2 Å². The summed E-state index contributed by atoms with van der Waals surface area (Å²) < 4.78 is 11.9. The third kappa shape index (κ3) is 8.61. The molecule has 1 atom stereocenters. The molecule has 0 aromatic heterocycles. The first kappa shape index (κ1) is 18.9. The molecule has 3 nitrogen and oxygen atoms in total. The van der Waals surface area contributed by atoms with Gasteiger partial charge in [-0.05, 0) is 60.3 Å². The zero-order valence-electron chi connectivity index (χ0n) is 14.3. The van der Waals surface area contributed by atoms with Crippen LogP contribution in [0.3, 0.4) is 0 Å². The summed E-state index contributed by atoms with van der Waals surface area (Å²) in [7, 11) is 0. The molecule has 0 amide bonds. The minimum atomic E-state index is -0.198. The molecule has 0 aliphatic heterocycles. The predicted octanol–water partition coefficient (Wildman–Crippen LogP) is 3.75. The van der Waals surface area contributed by atoms with Crippen molar-refractivity contribution < 1.29 is 9.47 Å². The normalized spacial score (nSPS) is 15.6. The van der Waals surface area contributed by atoms with Crippen LogP contribution >= 0.6 is 0 Å². The molecule has 1 unspecified atom stereocenters. The smallest absolute Gasteiger partial charge is 0.0648 e. The summed E-state index contributed by atoms with van der Waals surface area (Å²) in [5.74, 6) is 0.333. The lowest BCUT2D eigenvalue weighted by Gasteiger charge is -2.33. The largest absolute Gasteiger partial charge is 0.375 e. The van der Waals surface area contributed by atoms with E-state index < -0.39 is 0 Å². The monoisotopic (exact) mass is 273 g/mol. The Kier molecular flexibility index (Phi) is 7.01. The van der Waals surface area contributed by atoms with Crippen LogP contribution in [-0.4, -0.2) is 30.0 Å². The van der Waals surface area contributed by atoms with Crippen molar-refractivity contribution >= 4 is 0 Å². The van der Waals surface area contributed by atoms with E-state index in [-0.39, 0.29) is 16.7 Å². The fraction of sp³-hybridized carbons (Fsp3) is 1.00. The van der Waals surface area contributed by atoms with Gasteiger partial charge in [0.05, 0.1) is 24.4 Å². The molecule has 0 spiro atoms. The van der Waals surface area contributed by atoms with Crippen molar-refractivity contribution in [3.63, 3.8) is 0 Å². The Morgan fingerprint density at radius 3 is 1.89 bits per heavy atom. The third-order valence-corrected chi connectivity index (χ3v) is 4.04. The summed E-state index contributed by atoms with van der Waals surface area (Å²) in [6.07, 6.45) is 1.92. The van der Waals surface area contributed by atoms with Crippen LogP contribution in [0.2, 0.25) is 0 Å². The topological polar surface area (TPSA) is 44.5 Å². The summed E-state index contributed by atoms with van der Waals surface area (Å²) in [6, 6.07) is 0. The summed E-state index contributed by atoms with van der Waals surface area (Å²) in [5, 5.41) is 0. The second kappa shape index (κ2) is 7.05. The van der Waals surface area contributed by atoms with Gasteiger partial charge >= 0.3 is 0 Å². The SMILES string of the molecule is CCC(C)(C)OCCC(C)(C)OCC(C)C(C)(C)N. The van der Waals surface area contributed by atoms with Crippen molar-refractivity contribution in [3.8, 4) is 0 Å². The van der Waals surface area contributed by atoms with E-state index in [4.69, 9.17) is 15.2 Å². The van der Waals surface area contributed by atoms with Crippen molar-refractivity contribution in [1.82, 2.24) is 0 Å². The maximum Gasteiger partial charge on any atom is 0.0648 e. The van der Waals surface area contributed by atoms with Crippen LogP contribution in [-0.2, 0) is 9.47 Å². The van der Waals surface area contributed by atoms with Gasteiger partial charge in [-0.1, -0.05) is 13.8 Å². The number of ether oxygens (including phenoxy) is 2. The van der Waals surface area contributed by atoms with Gasteiger partial charge in [-0.3, -0.25) is 0 Å². The number of rotatable bonds is 9. The summed E-state index contributed by atoms with van der Waals surface area (Å²) in [6.45, 7) is 18.3. The second-order valence-electron chi connectivity index (χ2n) is 7.50. The van der Waals surface area contributed by atoms with E-state index in [1.54, 1.807) is 0 Å². The van der Waals surface area contributed by atoms with Gasteiger partial charge in [-0.2, -0.15) is 0 Å². The zero-order chi connectivity index (χ0) is 15.3. The first-order valence-corrected chi connectivity index (χ1v) is 7.46. The molecule has 0 radical (unpaired) electrons. The van der Waals surface area contributed by atoms with Crippen molar-refractivity contribution in [2.75, 3.05) is 13.2 Å². The van der Waals surface area contributed by atoms with Gasteiger partial charge in [0.2, 0.25) is 0 Å². The van der Waals surface area contributed by atoms with Gasteiger partial charge in [0, 0.05) is 5.54 Å². The Labute approximate surface area is 120 Å². The lowest BCUT2D eigenvalue weighted by atomic mass is 9.91. The highest BCUT2D eigenvalue weighted by molar-refractivity contribution is 4.80. The molecule has 0 aromatic carbocycles. The van der Waals surface area contributed by atoms with E-state index in [9.17, 15) is 0 Å². The lowest BCUT2D eigenvalue weighted by molar-refractivity contribution is -0.0832. The molecule has 0 saturated heterocycles. The van der Waals surface area contributed by atoms with Gasteiger partial charge in [-0.25, -0.2) is 0 Å². The highest BCUT2D eigenvalue weighted by Crippen LogP contribution is 2.21. The Morgan fingerprint density at radius 2 is 1.47 bits per heavy atom. The summed E-state index contributed by atoms with van der Waals surface area (Å²) in [5.41, 5.74) is 5.68. The molecule has 0 aromatic rings. The zero-order valence-corrected chi connectivity index (χ0v) is 14.3. The lowest BCUT2D eigenvalue weighted by Crippen LogP contribution is -2.43. The molecule has 2 N–H and O–H groups in total. The van der Waals surface area contributed by atoms with Gasteiger partial charge < -0.3 is 15.2 Å². The number of hydrogen-bond acceptors (Lipinski definition) is 3. The van der Waals surface area contributed by atoms with E-state index in [1.165, 1.54) is 0 Å². The fourth-order valence-electron chi connectivity index (χ4n) is 1.31. The fourth-order valence-corrected chi connectivity index (χ4v) is 1.31. The molecule has 0 saturated carbocycles. The Bertz CT molecular complexity index is 254. The first-order chi connectivity index (χ1) is 8.40. The van der Waals surface area contributed by atoms with Crippen LogP contribution in [0.4, 0.5) is 0 Å². The van der Waals surface area contributed by atoms with Gasteiger partial charge in [0.15, 0.2) is 0 Å². The van der Waals surface area contributed by atoms with E-state index in [1.807, 2.05) is 13.8 Å². The summed E-state index contributed by atoms with van der Waals surface area (Å²) in [4.78, 5) is 0. The number of hydrogen-bond donors (Lipinski definition) is 1.